The largest absolute Gasteiger partial charge is 0.474 e. The lowest BCUT2D eigenvalue weighted by Gasteiger charge is -2.00. The van der Waals surface area contributed by atoms with Gasteiger partial charge in [0.25, 0.3) is 0 Å². The van der Waals surface area contributed by atoms with Crippen LogP contribution in [0.25, 0.3) is 11.0 Å². The normalized spacial score (nSPS) is 10.1. The Morgan fingerprint density at radius 1 is 1.40 bits per heavy atom. The van der Waals surface area contributed by atoms with Crippen LogP contribution in [0.1, 0.15) is 0 Å². The van der Waals surface area contributed by atoms with Gasteiger partial charge in [-0.05, 0) is 18.2 Å². The number of carbonyl (C=O) groups excluding carboxylic acids is 1. The smallest absolute Gasteiger partial charge is 0.394 e. The summed E-state index contributed by atoms with van der Waals surface area (Å²) < 4.78 is 0. The number of aromatic nitrogens is 2. The van der Waals surface area contributed by atoms with Crippen molar-refractivity contribution in [3.63, 3.8) is 0 Å². The van der Waals surface area contributed by atoms with Crippen molar-refractivity contribution in [2.45, 2.75) is 0 Å². The van der Waals surface area contributed by atoms with Crippen molar-refractivity contribution in [2.24, 2.45) is 0 Å². The molecule has 6 heteroatoms. The summed E-state index contributed by atoms with van der Waals surface area (Å²) in [6.45, 7) is 0. The highest BCUT2D eigenvalue weighted by molar-refractivity contribution is 6.36. The lowest BCUT2D eigenvalue weighted by atomic mass is 10.3. The van der Waals surface area contributed by atoms with Crippen LogP contribution in [-0.4, -0.2) is 27.0 Å². The molecule has 0 atom stereocenters. The Bertz CT molecular complexity index is 532. The van der Waals surface area contributed by atoms with Crippen molar-refractivity contribution in [1.82, 2.24) is 9.97 Å². The third-order valence-corrected chi connectivity index (χ3v) is 1.87. The molecule has 0 aliphatic heterocycles. The molecule has 0 saturated heterocycles. The van der Waals surface area contributed by atoms with Gasteiger partial charge in [0.2, 0.25) is 0 Å². The first-order valence-electron chi connectivity index (χ1n) is 4.14. The zero-order chi connectivity index (χ0) is 10.8. The number of aromatic amines is 1. The van der Waals surface area contributed by atoms with E-state index in [-0.39, 0.29) is 0 Å². The van der Waals surface area contributed by atoms with Gasteiger partial charge >= 0.3 is 11.9 Å². The Balaban J connectivity index is 2.28. The molecule has 0 bridgehead atoms. The van der Waals surface area contributed by atoms with E-state index in [1.807, 2.05) is 0 Å². The first-order valence-corrected chi connectivity index (χ1v) is 4.14. The number of rotatable bonds is 1. The van der Waals surface area contributed by atoms with Crippen LogP contribution in [0.15, 0.2) is 24.5 Å². The van der Waals surface area contributed by atoms with Crippen LogP contribution in [0, 0.1) is 0 Å². The Morgan fingerprint density at radius 3 is 2.93 bits per heavy atom. The number of anilines is 1. The predicted octanol–water partition coefficient (Wildman–Crippen LogP) is 0.586. The van der Waals surface area contributed by atoms with Gasteiger partial charge in [-0.3, -0.25) is 4.79 Å². The van der Waals surface area contributed by atoms with E-state index in [1.165, 1.54) is 6.33 Å². The predicted molar refractivity (Wildman–Crippen MR) is 52.4 cm³/mol. The topological polar surface area (TPSA) is 95.1 Å². The second kappa shape index (κ2) is 3.41. The van der Waals surface area contributed by atoms with Gasteiger partial charge in [-0.1, -0.05) is 0 Å². The number of nitrogens with one attached hydrogen (secondary N) is 2. The lowest BCUT2D eigenvalue weighted by Crippen LogP contribution is -2.21. The maximum Gasteiger partial charge on any atom is 0.394 e. The summed E-state index contributed by atoms with van der Waals surface area (Å²) in [6.07, 6.45) is 1.52. The van der Waals surface area contributed by atoms with Crippen LogP contribution in [-0.2, 0) is 9.59 Å². The van der Waals surface area contributed by atoms with E-state index in [2.05, 4.69) is 15.3 Å². The van der Waals surface area contributed by atoms with Crippen LogP contribution >= 0.6 is 0 Å². The van der Waals surface area contributed by atoms with Gasteiger partial charge in [-0.15, -0.1) is 0 Å². The molecule has 0 spiro atoms. The number of benzene rings is 1. The minimum absolute atomic E-state index is 0.416. The minimum Gasteiger partial charge on any atom is -0.474 e. The highest BCUT2D eigenvalue weighted by Crippen LogP contribution is 2.15. The Kier molecular flexibility index (Phi) is 2.09. The van der Waals surface area contributed by atoms with Crippen LogP contribution in [0.4, 0.5) is 5.69 Å². The molecule has 76 valence electrons. The van der Waals surface area contributed by atoms with Gasteiger partial charge in [0, 0.05) is 5.69 Å². The Morgan fingerprint density at radius 2 is 2.20 bits per heavy atom. The van der Waals surface area contributed by atoms with Crippen LogP contribution < -0.4 is 5.32 Å². The number of nitrogens with zero attached hydrogens (tertiary/aromatic N) is 1. The fourth-order valence-corrected chi connectivity index (χ4v) is 1.20. The first-order chi connectivity index (χ1) is 7.16. The quantitative estimate of drug-likeness (QED) is 0.593. The SMILES string of the molecule is O=C(O)C(=O)Nc1ccc2nc[nH]c2c1. The summed E-state index contributed by atoms with van der Waals surface area (Å²) in [6, 6.07) is 4.89. The van der Waals surface area contributed by atoms with E-state index < -0.39 is 11.9 Å². The highest BCUT2D eigenvalue weighted by atomic mass is 16.4. The van der Waals surface area contributed by atoms with Gasteiger partial charge in [0.15, 0.2) is 0 Å². The van der Waals surface area contributed by atoms with Crippen molar-refractivity contribution >= 4 is 28.6 Å². The van der Waals surface area contributed by atoms with Gasteiger partial charge in [0.05, 0.1) is 17.4 Å². The minimum atomic E-state index is -1.51. The first kappa shape index (κ1) is 9.20. The van der Waals surface area contributed by atoms with Gasteiger partial charge in [-0.2, -0.15) is 0 Å². The lowest BCUT2D eigenvalue weighted by molar-refractivity contribution is -0.147. The Labute approximate surface area is 83.9 Å². The Hall–Kier alpha value is -2.37. The van der Waals surface area contributed by atoms with Crippen LogP contribution in [0.3, 0.4) is 0 Å². The van der Waals surface area contributed by atoms with Gasteiger partial charge in [0.1, 0.15) is 0 Å². The second-order valence-electron chi connectivity index (χ2n) is 2.89. The molecule has 1 aromatic carbocycles. The number of fused-ring (bicyclic) bond motifs is 1. The molecule has 0 aliphatic carbocycles. The van der Waals surface area contributed by atoms with E-state index in [0.29, 0.717) is 5.69 Å². The summed E-state index contributed by atoms with van der Waals surface area (Å²) in [5.41, 5.74) is 1.90. The molecule has 6 nitrogen and oxygen atoms in total. The van der Waals surface area contributed by atoms with Crippen LogP contribution in [0.5, 0.6) is 0 Å². The van der Waals surface area contributed by atoms with Crippen molar-refractivity contribution < 1.29 is 14.7 Å². The average Bonchev–Trinajstić information content (AvgIpc) is 2.64. The zero-order valence-electron chi connectivity index (χ0n) is 7.52. The summed E-state index contributed by atoms with van der Waals surface area (Å²) in [5, 5.41) is 10.6. The molecular weight excluding hydrogens is 198 g/mol. The molecule has 15 heavy (non-hydrogen) atoms. The number of hydrogen-bond acceptors (Lipinski definition) is 3. The van der Waals surface area contributed by atoms with Crippen LogP contribution in [0.2, 0.25) is 0 Å². The second-order valence-corrected chi connectivity index (χ2v) is 2.89. The summed E-state index contributed by atoms with van der Waals surface area (Å²) in [4.78, 5) is 28.0. The van der Waals surface area contributed by atoms with Crippen molar-refractivity contribution in [2.75, 3.05) is 5.32 Å². The van der Waals surface area contributed by atoms with Crippen molar-refractivity contribution in [3.8, 4) is 0 Å². The number of carboxylic acid groups (broad SMARTS) is 1. The van der Waals surface area contributed by atoms with E-state index in [1.54, 1.807) is 18.2 Å². The molecule has 2 aromatic rings. The maximum absolute atomic E-state index is 10.9. The molecule has 0 fully saturated rings. The highest BCUT2D eigenvalue weighted by Gasteiger charge is 2.11. The number of hydrogen-bond donors (Lipinski definition) is 3. The molecule has 1 amide bonds. The fraction of sp³-hybridized carbons (Fsp3) is 0. The summed E-state index contributed by atoms with van der Waals surface area (Å²) in [7, 11) is 0. The number of carbonyl (C=O) groups is 2. The average molecular weight is 205 g/mol. The van der Waals surface area contributed by atoms with Gasteiger partial charge in [-0.25, -0.2) is 9.78 Å². The molecule has 0 radical (unpaired) electrons. The van der Waals surface area contributed by atoms with Crippen molar-refractivity contribution in [1.29, 1.82) is 0 Å². The summed E-state index contributed by atoms with van der Waals surface area (Å²) in [5.74, 6) is -2.58. The van der Waals surface area contributed by atoms with Gasteiger partial charge < -0.3 is 15.4 Å². The van der Waals surface area contributed by atoms with Crippen molar-refractivity contribution in [3.05, 3.63) is 24.5 Å². The molecule has 0 unspecified atom stereocenters. The van der Waals surface area contributed by atoms with E-state index in [0.717, 1.165) is 11.0 Å². The standard InChI is InChI=1S/C9H7N3O3/c13-8(9(14)15)12-5-1-2-6-7(3-5)11-4-10-6/h1-4H,(H,10,11)(H,12,13)(H,14,15). The summed E-state index contributed by atoms with van der Waals surface area (Å²) >= 11 is 0. The number of imidazole rings is 1. The number of H-pyrrole nitrogens is 1. The number of amides is 1. The molecule has 1 heterocycles. The van der Waals surface area contributed by atoms with E-state index >= 15 is 0 Å². The molecule has 1 aromatic heterocycles. The van der Waals surface area contributed by atoms with E-state index in [4.69, 9.17) is 5.11 Å². The third-order valence-electron chi connectivity index (χ3n) is 1.87. The molecule has 3 N–H and O–H groups in total. The molecule has 0 saturated carbocycles. The molecule has 2 rings (SSSR count). The fourth-order valence-electron chi connectivity index (χ4n) is 1.20. The molecular formula is C9H7N3O3. The third kappa shape index (κ3) is 1.78. The maximum atomic E-state index is 10.9. The zero-order valence-corrected chi connectivity index (χ0v) is 7.52. The monoisotopic (exact) mass is 205 g/mol. The molecule has 0 aliphatic rings. The number of carboxylic acids is 1. The number of aliphatic carboxylic acids is 1. The van der Waals surface area contributed by atoms with E-state index in [9.17, 15) is 9.59 Å².